The number of phosphoric acid groups is 1. The molecule has 8 nitrogen and oxygen atoms in total. The van der Waals surface area contributed by atoms with Crippen molar-refractivity contribution in [1.29, 1.82) is 0 Å². The van der Waals surface area contributed by atoms with Crippen molar-refractivity contribution in [3.63, 3.8) is 0 Å². The van der Waals surface area contributed by atoms with Crippen molar-refractivity contribution in [2.24, 2.45) is 0 Å². The average Bonchev–Trinajstić information content (AvgIpc) is 3.17. The van der Waals surface area contributed by atoms with E-state index in [1.807, 2.05) is 27.2 Å². The van der Waals surface area contributed by atoms with E-state index in [1.54, 1.807) is 6.08 Å². The zero-order valence-electron chi connectivity index (χ0n) is 37.5. The Morgan fingerprint density at radius 3 is 1.53 bits per heavy atom. The molecule has 0 saturated heterocycles. The topological polar surface area (TPSA) is 108 Å². The van der Waals surface area contributed by atoms with Crippen molar-refractivity contribution in [2.75, 3.05) is 40.9 Å². The minimum atomic E-state index is -4.60. The predicted molar refractivity (Wildman–Crippen MR) is 246 cm³/mol. The molecule has 3 unspecified atom stereocenters. The standard InChI is InChI=1S/C49H85N2O6P/c1-6-8-10-12-14-16-18-19-20-21-22-23-24-25-26-27-28-29-30-31-33-35-37-39-41-43-49(53)50-47(46-57-58(54,55)56-45-44-51(3,4)5)48(52)42-40-38-36-34-32-17-15-13-11-9-7-2/h8,10,14,16,19-20,22-23,25-26,28-29,31,33,40,42,47-48,52H,6-7,9,11-13,15,17-18,21,24,27,30,32,34-39,41,43-46H2,1-5H3,(H-,50,53,54,55)/b10-8-,16-14-,20-19-,23-22-,26-25-,29-28-,33-31-,42-40+. The van der Waals surface area contributed by atoms with Crippen LogP contribution in [0.1, 0.15) is 155 Å². The molecule has 58 heavy (non-hydrogen) atoms. The number of phosphoric ester groups is 1. The fourth-order valence-electron chi connectivity index (χ4n) is 5.72. The van der Waals surface area contributed by atoms with Crippen molar-refractivity contribution in [3.8, 4) is 0 Å². The average molecular weight is 829 g/mol. The molecule has 0 rings (SSSR count). The van der Waals surface area contributed by atoms with Crippen LogP contribution in [0.15, 0.2) is 97.2 Å². The number of nitrogens with one attached hydrogen (secondary N) is 1. The molecule has 0 aliphatic carbocycles. The number of nitrogens with zero attached hydrogens (tertiary/aromatic N) is 1. The van der Waals surface area contributed by atoms with Gasteiger partial charge in [0.05, 0.1) is 39.9 Å². The SMILES string of the molecule is CC/C=C\C/C=C\C/C=C\C/C=C\C/C=C\C/C=C\C/C=C\CCCCCC(=O)NC(COP(=O)([O-])OCC[N+](C)(C)C)C(O)/C=C/CCCCCCCCCCC. The molecule has 0 aliphatic rings. The molecule has 1 amide bonds. The van der Waals surface area contributed by atoms with Crippen LogP contribution in [-0.4, -0.2) is 68.5 Å². The Morgan fingerprint density at radius 2 is 1.05 bits per heavy atom. The van der Waals surface area contributed by atoms with Crippen molar-refractivity contribution in [2.45, 2.75) is 167 Å². The number of quaternary nitrogens is 1. The molecule has 3 atom stereocenters. The van der Waals surface area contributed by atoms with Gasteiger partial charge >= 0.3 is 0 Å². The Morgan fingerprint density at radius 1 is 0.621 bits per heavy atom. The number of unbranched alkanes of at least 4 members (excludes halogenated alkanes) is 12. The Kier molecular flexibility index (Phi) is 38.1. The molecule has 9 heteroatoms. The van der Waals surface area contributed by atoms with Gasteiger partial charge in [-0.1, -0.05) is 169 Å². The highest BCUT2D eigenvalue weighted by Crippen LogP contribution is 2.38. The van der Waals surface area contributed by atoms with Crippen molar-refractivity contribution < 1.29 is 32.9 Å². The first-order valence-corrected chi connectivity index (χ1v) is 24.1. The summed E-state index contributed by atoms with van der Waals surface area (Å²) in [5.41, 5.74) is 0. The van der Waals surface area contributed by atoms with E-state index in [-0.39, 0.29) is 12.5 Å². The van der Waals surface area contributed by atoms with Gasteiger partial charge in [0.2, 0.25) is 5.91 Å². The van der Waals surface area contributed by atoms with Gasteiger partial charge in [-0.25, -0.2) is 0 Å². The van der Waals surface area contributed by atoms with Gasteiger partial charge in [0.25, 0.3) is 7.82 Å². The van der Waals surface area contributed by atoms with Crippen LogP contribution in [0.3, 0.4) is 0 Å². The number of aliphatic hydroxyl groups is 1. The van der Waals surface area contributed by atoms with Crippen molar-refractivity contribution >= 4 is 13.7 Å². The van der Waals surface area contributed by atoms with Gasteiger partial charge in [0.1, 0.15) is 13.2 Å². The molecule has 0 heterocycles. The summed E-state index contributed by atoms with van der Waals surface area (Å²) in [6, 6.07) is -0.909. The third kappa shape index (κ3) is 41.6. The van der Waals surface area contributed by atoms with Gasteiger partial charge < -0.3 is 28.8 Å². The minimum Gasteiger partial charge on any atom is -0.756 e. The number of carbonyl (C=O) groups excluding carboxylic acids is 1. The maximum Gasteiger partial charge on any atom is 0.268 e. The lowest BCUT2D eigenvalue weighted by Crippen LogP contribution is -2.45. The summed E-state index contributed by atoms with van der Waals surface area (Å²) >= 11 is 0. The Balaban J connectivity index is 4.43. The quantitative estimate of drug-likeness (QED) is 0.0276. The lowest BCUT2D eigenvalue weighted by Gasteiger charge is -2.29. The van der Waals surface area contributed by atoms with E-state index in [9.17, 15) is 19.4 Å². The molecule has 0 aliphatic heterocycles. The molecule has 2 N–H and O–H groups in total. The lowest BCUT2D eigenvalue weighted by molar-refractivity contribution is -0.870. The van der Waals surface area contributed by atoms with Gasteiger partial charge in [-0.05, 0) is 77.0 Å². The third-order valence-corrected chi connectivity index (χ3v) is 10.3. The fraction of sp³-hybridized carbons (Fsp3) is 0.653. The summed E-state index contributed by atoms with van der Waals surface area (Å²) in [6.45, 7) is 4.46. The smallest absolute Gasteiger partial charge is 0.268 e. The van der Waals surface area contributed by atoms with E-state index in [2.05, 4.69) is 104 Å². The van der Waals surface area contributed by atoms with Crippen LogP contribution >= 0.6 is 7.82 Å². The van der Waals surface area contributed by atoms with Crippen LogP contribution in [-0.2, 0) is 18.4 Å². The normalized spacial score (nSPS) is 15.2. The summed E-state index contributed by atoms with van der Waals surface area (Å²) in [5.74, 6) is -0.236. The molecule has 0 aromatic rings. The number of likely N-dealkylation sites (N-methyl/N-ethyl adjacent to an activating group) is 1. The fourth-order valence-corrected chi connectivity index (χ4v) is 6.44. The van der Waals surface area contributed by atoms with E-state index >= 15 is 0 Å². The molecule has 0 saturated carbocycles. The van der Waals surface area contributed by atoms with E-state index in [1.165, 1.54) is 44.9 Å². The molecule has 0 spiro atoms. The monoisotopic (exact) mass is 829 g/mol. The van der Waals surface area contributed by atoms with Gasteiger partial charge in [-0.2, -0.15) is 0 Å². The van der Waals surface area contributed by atoms with E-state index < -0.39 is 26.6 Å². The van der Waals surface area contributed by atoms with E-state index in [0.29, 0.717) is 23.9 Å². The Labute approximate surface area is 356 Å². The molecular formula is C49H85N2O6P. The second-order valence-electron chi connectivity index (χ2n) is 16.0. The number of hydrogen-bond donors (Lipinski definition) is 2. The van der Waals surface area contributed by atoms with Gasteiger partial charge in [-0.3, -0.25) is 9.36 Å². The summed E-state index contributed by atoms with van der Waals surface area (Å²) in [5, 5.41) is 13.7. The molecule has 0 fully saturated rings. The molecule has 0 aromatic carbocycles. The van der Waals surface area contributed by atoms with Crippen LogP contribution in [0, 0.1) is 0 Å². The summed E-state index contributed by atoms with van der Waals surface area (Å²) < 4.78 is 23.1. The van der Waals surface area contributed by atoms with Crippen LogP contribution in [0.5, 0.6) is 0 Å². The maximum atomic E-state index is 12.8. The molecular weight excluding hydrogens is 744 g/mol. The van der Waals surface area contributed by atoms with Crippen LogP contribution in [0.2, 0.25) is 0 Å². The van der Waals surface area contributed by atoms with Gasteiger partial charge in [-0.15, -0.1) is 0 Å². The first-order valence-electron chi connectivity index (χ1n) is 22.6. The highest BCUT2D eigenvalue weighted by atomic mass is 31.2. The first kappa shape index (κ1) is 55.4. The van der Waals surface area contributed by atoms with E-state index in [0.717, 1.165) is 83.5 Å². The number of carbonyl (C=O) groups is 1. The number of amides is 1. The zero-order chi connectivity index (χ0) is 42.8. The summed E-state index contributed by atoms with van der Waals surface area (Å²) in [4.78, 5) is 25.3. The summed E-state index contributed by atoms with van der Waals surface area (Å²) in [6.07, 6.45) is 56.0. The van der Waals surface area contributed by atoms with Crippen LogP contribution < -0.4 is 10.2 Å². The number of hydrogen-bond acceptors (Lipinski definition) is 6. The zero-order valence-corrected chi connectivity index (χ0v) is 38.3. The number of rotatable bonds is 39. The lowest BCUT2D eigenvalue weighted by atomic mass is 10.1. The van der Waals surface area contributed by atoms with Crippen LogP contribution in [0.4, 0.5) is 0 Å². The third-order valence-electron chi connectivity index (χ3n) is 9.30. The molecule has 0 radical (unpaired) electrons. The second-order valence-corrected chi connectivity index (χ2v) is 17.4. The van der Waals surface area contributed by atoms with Gasteiger partial charge in [0, 0.05) is 6.42 Å². The Hall–Kier alpha value is -2.58. The highest BCUT2D eigenvalue weighted by molar-refractivity contribution is 7.45. The van der Waals surface area contributed by atoms with Gasteiger partial charge in [0.15, 0.2) is 0 Å². The minimum absolute atomic E-state index is 0.0137. The van der Waals surface area contributed by atoms with E-state index in [4.69, 9.17) is 9.05 Å². The summed E-state index contributed by atoms with van der Waals surface area (Å²) in [7, 11) is 1.22. The maximum absolute atomic E-state index is 12.8. The number of aliphatic hydroxyl groups excluding tert-OH is 1. The number of allylic oxidation sites excluding steroid dienone is 15. The van der Waals surface area contributed by atoms with Crippen LogP contribution in [0.25, 0.3) is 0 Å². The molecule has 0 bridgehead atoms. The molecule has 332 valence electrons. The predicted octanol–water partition coefficient (Wildman–Crippen LogP) is 12.1. The second kappa shape index (κ2) is 39.9. The Bertz CT molecular complexity index is 1260. The van der Waals surface area contributed by atoms with Crippen molar-refractivity contribution in [3.05, 3.63) is 97.2 Å². The molecule has 0 aromatic heterocycles. The largest absolute Gasteiger partial charge is 0.756 e. The van der Waals surface area contributed by atoms with Crippen molar-refractivity contribution in [1.82, 2.24) is 5.32 Å². The highest BCUT2D eigenvalue weighted by Gasteiger charge is 2.23. The first-order chi connectivity index (χ1) is 28.0.